The van der Waals surface area contributed by atoms with Gasteiger partial charge in [0.15, 0.2) is 0 Å². The summed E-state index contributed by atoms with van der Waals surface area (Å²) in [5.74, 6) is -1.37. The van der Waals surface area contributed by atoms with Gasteiger partial charge in [-0.1, -0.05) is 40.5 Å². The van der Waals surface area contributed by atoms with Gasteiger partial charge in [-0.3, -0.25) is 9.59 Å². The number of rotatable bonds is 5. The average Bonchev–Trinajstić information content (AvgIpc) is 2.37. The molecule has 0 spiro atoms. The third kappa shape index (κ3) is 27.0. The molecule has 0 amide bonds. The van der Waals surface area contributed by atoms with Gasteiger partial charge in [-0.15, -0.1) is 0 Å². The Morgan fingerprint density at radius 2 is 1.11 bits per heavy atom. The van der Waals surface area contributed by atoms with Crippen LogP contribution in [0.1, 0.15) is 40.5 Å². The van der Waals surface area contributed by atoms with Gasteiger partial charge < -0.3 is 15.7 Å². The molecule has 0 aromatic heterocycles. The van der Waals surface area contributed by atoms with Gasteiger partial charge in [0, 0.05) is 11.5 Å². The lowest BCUT2D eigenvalue weighted by Crippen LogP contribution is -2.09. The van der Waals surface area contributed by atoms with E-state index in [1.807, 2.05) is 0 Å². The molecule has 0 aliphatic rings. The first kappa shape index (κ1) is 27.0. The summed E-state index contributed by atoms with van der Waals surface area (Å²) in [5, 5.41) is 16.3. The van der Waals surface area contributed by atoms with E-state index in [9.17, 15) is 9.59 Å². The lowest BCUT2D eigenvalue weighted by molar-refractivity contribution is -0.141. The predicted molar refractivity (Wildman–Crippen MR) is 85.5 cm³/mol. The van der Waals surface area contributed by atoms with E-state index in [0.717, 1.165) is 0 Å². The van der Waals surface area contributed by atoms with Crippen LogP contribution in [0, 0.1) is 11.8 Å². The molecule has 0 fully saturated rings. The minimum absolute atomic E-state index is 0. The maximum absolute atomic E-state index is 9.88. The highest BCUT2D eigenvalue weighted by atomic mass is 32.1. The van der Waals surface area contributed by atoms with Crippen LogP contribution in [0.4, 0.5) is 0 Å². The highest BCUT2D eigenvalue weighted by molar-refractivity contribution is 7.80. The number of carboxylic acids is 2. The third-order valence-corrected chi connectivity index (χ3v) is 2.99. The van der Waals surface area contributed by atoms with Gasteiger partial charge in [0.25, 0.3) is 0 Å². The van der Waals surface area contributed by atoms with Crippen LogP contribution in [0.3, 0.4) is 0 Å². The van der Waals surface area contributed by atoms with Gasteiger partial charge in [-0.2, -0.15) is 25.3 Å². The Kier molecular flexibility index (Phi) is 28.4. The van der Waals surface area contributed by atoms with Crippen LogP contribution in [-0.4, -0.2) is 39.1 Å². The van der Waals surface area contributed by atoms with Crippen molar-refractivity contribution < 1.29 is 25.3 Å². The molecular formula is C12H28O5S2. The monoisotopic (exact) mass is 316 g/mol. The molecule has 7 heteroatoms. The molecule has 5 nitrogen and oxygen atoms in total. The van der Waals surface area contributed by atoms with Crippen molar-refractivity contribution in [3.8, 4) is 0 Å². The standard InChI is InChI=1S/2C4H8O2S.C4H10.H2O/c2*1-3(2-7)4(5)6;1-3-4-2;/h2*3,7H,2H2,1H3,(H,5,6);3-4H2,1-2H3;1H2. The largest absolute Gasteiger partial charge is 0.481 e. The number of carboxylic acid groups (broad SMARTS) is 2. The third-order valence-electron chi connectivity index (χ3n) is 1.89. The van der Waals surface area contributed by atoms with E-state index in [-0.39, 0.29) is 17.3 Å². The fourth-order valence-electron chi connectivity index (χ4n) is 0.156. The molecule has 19 heavy (non-hydrogen) atoms. The summed E-state index contributed by atoms with van der Waals surface area (Å²) in [4.78, 5) is 19.8. The molecule has 2 unspecified atom stereocenters. The van der Waals surface area contributed by atoms with Gasteiger partial charge in [-0.05, 0) is 0 Å². The number of carbonyl (C=O) groups is 2. The van der Waals surface area contributed by atoms with Crippen LogP contribution in [-0.2, 0) is 9.59 Å². The van der Waals surface area contributed by atoms with Gasteiger partial charge in [0.2, 0.25) is 0 Å². The first-order valence-corrected chi connectivity index (χ1v) is 7.22. The van der Waals surface area contributed by atoms with Crippen molar-refractivity contribution >= 4 is 37.2 Å². The van der Waals surface area contributed by atoms with Crippen molar-refractivity contribution in [1.29, 1.82) is 0 Å². The molecule has 0 radical (unpaired) electrons. The molecule has 0 heterocycles. The Bertz CT molecular complexity index is 190. The Morgan fingerprint density at radius 3 is 1.11 bits per heavy atom. The minimum Gasteiger partial charge on any atom is -0.481 e. The Hall–Kier alpha value is -0.400. The quantitative estimate of drug-likeness (QED) is 0.584. The summed E-state index contributed by atoms with van der Waals surface area (Å²) in [6.07, 6.45) is 2.64. The molecule has 0 bridgehead atoms. The zero-order valence-corrected chi connectivity index (χ0v) is 13.9. The van der Waals surface area contributed by atoms with E-state index in [1.54, 1.807) is 13.8 Å². The van der Waals surface area contributed by atoms with E-state index in [0.29, 0.717) is 11.5 Å². The van der Waals surface area contributed by atoms with Crippen molar-refractivity contribution in [2.75, 3.05) is 11.5 Å². The van der Waals surface area contributed by atoms with E-state index in [1.165, 1.54) is 12.8 Å². The topological polar surface area (TPSA) is 106 Å². The Morgan fingerprint density at radius 1 is 0.895 bits per heavy atom. The average molecular weight is 316 g/mol. The van der Waals surface area contributed by atoms with Crippen LogP contribution in [0.5, 0.6) is 0 Å². The molecule has 0 aromatic rings. The van der Waals surface area contributed by atoms with Gasteiger partial charge in [0.05, 0.1) is 11.8 Å². The summed E-state index contributed by atoms with van der Waals surface area (Å²) in [7, 11) is 0. The van der Waals surface area contributed by atoms with E-state index in [2.05, 4.69) is 39.1 Å². The van der Waals surface area contributed by atoms with Crippen molar-refractivity contribution in [2.24, 2.45) is 11.8 Å². The summed E-state index contributed by atoms with van der Waals surface area (Å²) >= 11 is 7.55. The van der Waals surface area contributed by atoms with Crippen molar-refractivity contribution in [3.05, 3.63) is 0 Å². The minimum atomic E-state index is -0.782. The molecule has 0 saturated heterocycles. The first-order valence-electron chi connectivity index (χ1n) is 5.95. The van der Waals surface area contributed by atoms with Crippen LogP contribution in [0.25, 0.3) is 0 Å². The number of hydrogen-bond acceptors (Lipinski definition) is 4. The number of aliphatic carboxylic acids is 2. The van der Waals surface area contributed by atoms with Crippen LogP contribution in [0.2, 0.25) is 0 Å². The van der Waals surface area contributed by atoms with Crippen LogP contribution < -0.4 is 0 Å². The van der Waals surface area contributed by atoms with E-state index in [4.69, 9.17) is 10.2 Å². The second kappa shape index (κ2) is 19.9. The SMILES string of the molecule is CC(CS)C(=O)O.CC(CS)C(=O)O.CCCC.O. The van der Waals surface area contributed by atoms with Crippen molar-refractivity contribution in [2.45, 2.75) is 40.5 Å². The normalized spacial score (nSPS) is 11.5. The summed E-state index contributed by atoms with van der Waals surface area (Å²) < 4.78 is 0. The molecule has 118 valence electrons. The predicted octanol–water partition coefficient (Wildman–Crippen LogP) is 2.26. The summed E-state index contributed by atoms with van der Waals surface area (Å²) in [6.45, 7) is 7.60. The molecule has 0 rings (SSSR count). The summed E-state index contributed by atoms with van der Waals surface area (Å²) in [6, 6.07) is 0. The number of hydrogen-bond donors (Lipinski definition) is 4. The second-order valence-electron chi connectivity index (χ2n) is 3.84. The molecular weight excluding hydrogens is 288 g/mol. The fraction of sp³-hybridized carbons (Fsp3) is 0.833. The number of unbranched alkanes of at least 4 members (excludes halogenated alkanes) is 1. The van der Waals surface area contributed by atoms with Crippen LogP contribution in [0.15, 0.2) is 0 Å². The maximum atomic E-state index is 9.88. The lowest BCUT2D eigenvalue weighted by Gasteiger charge is -1.95. The zero-order valence-electron chi connectivity index (χ0n) is 12.1. The summed E-state index contributed by atoms with van der Waals surface area (Å²) in [5.41, 5.74) is 0. The second-order valence-corrected chi connectivity index (χ2v) is 4.57. The van der Waals surface area contributed by atoms with Crippen molar-refractivity contribution in [3.63, 3.8) is 0 Å². The fourth-order valence-corrected chi connectivity index (χ4v) is 0.469. The number of thiol groups is 2. The molecule has 2 atom stereocenters. The van der Waals surface area contributed by atoms with E-state index >= 15 is 0 Å². The van der Waals surface area contributed by atoms with Crippen LogP contribution >= 0.6 is 25.3 Å². The van der Waals surface area contributed by atoms with E-state index < -0.39 is 11.9 Å². The molecule has 0 aliphatic carbocycles. The van der Waals surface area contributed by atoms with Gasteiger partial charge >= 0.3 is 11.9 Å². The smallest absolute Gasteiger partial charge is 0.307 e. The maximum Gasteiger partial charge on any atom is 0.307 e. The highest BCUT2D eigenvalue weighted by Gasteiger charge is 2.06. The van der Waals surface area contributed by atoms with Crippen molar-refractivity contribution in [1.82, 2.24) is 0 Å². The molecule has 0 aliphatic heterocycles. The lowest BCUT2D eigenvalue weighted by atomic mass is 10.2. The molecule has 0 aromatic carbocycles. The Balaban J connectivity index is -0.0000000900. The highest BCUT2D eigenvalue weighted by Crippen LogP contribution is 1.95. The van der Waals surface area contributed by atoms with Gasteiger partial charge in [0.1, 0.15) is 0 Å². The molecule has 0 saturated carbocycles. The molecule has 4 N–H and O–H groups in total. The zero-order chi connectivity index (χ0) is 15.1. The first-order chi connectivity index (χ1) is 8.28. The Labute approximate surface area is 126 Å². The van der Waals surface area contributed by atoms with Gasteiger partial charge in [-0.25, -0.2) is 0 Å².